The fraction of sp³-hybridized carbons (Fsp3) is 0.600. The second-order valence-corrected chi connectivity index (χ2v) is 7.54. The van der Waals surface area contributed by atoms with Crippen molar-refractivity contribution < 1.29 is 4.79 Å². The smallest absolute Gasteiger partial charge is 0.252 e. The van der Waals surface area contributed by atoms with Crippen LogP contribution < -0.4 is 10.2 Å². The molecule has 0 aromatic carbocycles. The van der Waals surface area contributed by atoms with Gasteiger partial charge in [0.2, 0.25) is 0 Å². The maximum atomic E-state index is 12.5. The van der Waals surface area contributed by atoms with E-state index >= 15 is 0 Å². The predicted molar refractivity (Wildman–Crippen MR) is 108 cm³/mol. The first kappa shape index (κ1) is 20.2. The van der Waals surface area contributed by atoms with Crippen LogP contribution in [0.2, 0.25) is 0 Å². The zero-order chi connectivity index (χ0) is 19.3. The van der Waals surface area contributed by atoms with Gasteiger partial charge in [-0.25, -0.2) is 4.98 Å². The zero-order valence-electron chi connectivity index (χ0n) is 17.0. The summed E-state index contributed by atoms with van der Waals surface area (Å²) < 4.78 is 2.06. The Hall–Kier alpha value is -2.08. The van der Waals surface area contributed by atoms with Crippen molar-refractivity contribution in [1.29, 1.82) is 0 Å². The Kier molecular flexibility index (Phi) is 7.03. The van der Waals surface area contributed by atoms with Crippen molar-refractivity contribution in [3.05, 3.63) is 29.6 Å². The van der Waals surface area contributed by atoms with Crippen molar-refractivity contribution >= 4 is 17.4 Å². The molecule has 2 heterocycles. The zero-order valence-corrected chi connectivity index (χ0v) is 17.0. The number of nitrogens with one attached hydrogen (secondary N) is 1. The fourth-order valence-electron chi connectivity index (χ4n) is 2.91. The molecule has 26 heavy (non-hydrogen) atoms. The van der Waals surface area contributed by atoms with E-state index in [4.69, 9.17) is 4.98 Å². The first-order chi connectivity index (χ1) is 12.3. The highest BCUT2D eigenvalue weighted by atomic mass is 16.1. The van der Waals surface area contributed by atoms with E-state index in [1.807, 2.05) is 32.4 Å². The second-order valence-electron chi connectivity index (χ2n) is 7.54. The summed E-state index contributed by atoms with van der Waals surface area (Å²) in [4.78, 5) is 21.5. The molecule has 0 spiro atoms. The van der Waals surface area contributed by atoms with Gasteiger partial charge in [-0.2, -0.15) is 0 Å². The Morgan fingerprint density at radius 3 is 2.58 bits per heavy atom. The van der Waals surface area contributed by atoms with E-state index in [1.165, 1.54) is 0 Å². The number of carbonyl (C=O) groups is 1. The van der Waals surface area contributed by atoms with Crippen molar-refractivity contribution in [3.8, 4) is 0 Å². The molecule has 1 amide bonds. The van der Waals surface area contributed by atoms with Crippen LogP contribution in [0.5, 0.6) is 0 Å². The monoisotopic (exact) mass is 359 g/mol. The van der Waals surface area contributed by atoms with E-state index in [1.54, 1.807) is 0 Å². The Bertz CT molecular complexity index is 735. The quantitative estimate of drug-likeness (QED) is 0.748. The van der Waals surface area contributed by atoms with Crippen LogP contribution in [0, 0.1) is 5.92 Å². The van der Waals surface area contributed by atoms with Crippen LogP contribution in [0.3, 0.4) is 0 Å². The number of hydrogen-bond donors (Lipinski definition) is 1. The molecule has 2 aromatic heterocycles. The topological polar surface area (TPSA) is 52.9 Å². The molecule has 144 valence electrons. The van der Waals surface area contributed by atoms with Crippen LogP contribution in [-0.4, -0.2) is 61.0 Å². The van der Waals surface area contributed by atoms with Crippen LogP contribution in [-0.2, 0) is 6.42 Å². The highest BCUT2D eigenvalue weighted by Gasteiger charge is 2.17. The first-order valence-electron chi connectivity index (χ1n) is 9.48. The lowest BCUT2D eigenvalue weighted by Crippen LogP contribution is -2.31. The molecule has 0 unspecified atom stereocenters. The van der Waals surface area contributed by atoms with Gasteiger partial charge in [-0.15, -0.1) is 0 Å². The van der Waals surface area contributed by atoms with Gasteiger partial charge in [-0.1, -0.05) is 20.8 Å². The molecule has 1 N–H and O–H groups in total. The van der Waals surface area contributed by atoms with Crippen LogP contribution in [0.15, 0.2) is 18.3 Å². The van der Waals surface area contributed by atoms with Crippen molar-refractivity contribution in [1.82, 2.24) is 19.6 Å². The molecule has 0 radical (unpaired) electrons. The first-order valence-corrected chi connectivity index (χ1v) is 9.48. The van der Waals surface area contributed by atoms with E-state index in [0.717, 1.165) is 43.1 Å². The Labute approximate surface area is 157 Å². The van der Waals surface area contributed by atoms with Gasteiger partial charge < -0.3 is 15.1 Å². The van der Waals surface area contributed by atoms with Gasteiger partial charge in [0.1, 0.15) is 11.5 Å². The van der Waals surface area contributed by atoms with Crippen LogP contribution in [0.25, 0.3) is 5.65 Å². The third-order valence-corrected chi connectivity index (χ3v) is 4.51. The normalized spacial score (nSPS) is 11.5. The number of hydrogen-bond acceptors (Lipinski definition) is 4. The Morgan fingerprint density at radius 1 is 1.23 bits per heavy atom. The highest BCUT2D eigenvalue weighted by Crippen LogP contribution is 2.23. The number of carbonyl (C=O) groups excluding carboxylic acids is 1. The van der Waals surface area contributed by atoms with Crippen molar-refractivity contribution in [2.75, 3.05) is 45.7 Å². The number of rotatable bonds is 9. The number of aromatic nitrogens is 2. The van der Waals surface area contributed by atoms with Gasteiger partial charge in [0.15, 0.2) is 0 Å². The summed E-state index contributed by atoms with van der Waals surface area (Å²) in [7, 11) is 6.10. The van der Waals surface area contributed by atoms with Gasteiger partial charge >= 0.3 is 0 Å². The number of aryl methyl sites for hydroxylation is 1. The molecule has 0 atom stereocenters. The second kappa shape index (κ2) is 9.03. The van der Waals surface area contributed by atoms with Crippen LogP contribution in [0.1, 0.15) is 43.2 Å². The number of anilines is 1. The molecule has 6 nitrogen and oxygen atoms in total. The number of imidazole rings is 1. The molecule has 0 saturated carbocycles. The third-order valence-electron chi connectivity index (χ3n) is 4.51. The molecule has 0 aliphatic carbocycles. The van der Waals surface area contributed by atoms with Gasteiger partial charge in [0, 0.05) is 32.9 Å². The lowest BCUT2D eigenvalue weighted by atomic mass is 10.1. The fourth-order valence-corrected chi connectivity index (χ4v) is 2.91. The maximum absolute atomic E-state index is 12.5. The molecule has 2 aromatic rings. The van der Waals surface area contributed by atoms with Crippen molar-refractivity contribution in [3.63, 3.8) is 0 Å². The van der Waals surface area contributed by atoms with E-state index in [9.17, 15) is 4.79 Å². The third kappa shape index (κ3) is 4.97. The summed E-state index contributed by atoms with van der Waals surface area (Å²) in [5, 5.41) is 2.98. The Morgan fingerprint density at radius 2 is 1.96 bits per heavy atom. The van der Waals surface area contributed by atoms with Crippen molar-refractivity contribution in [2.24, 2.45) is 5.92 Å². The number of fused-ring (bicyclic) bond motifs is 1. The lowest BCUT2D eigenvalue weighted by molar-refractivity contribution is 0.0950. The molecule has 0 saturated heterocycles. The number of amides is 1. The van der Waals surface area contributed by atoms with E-state index in [0.29, 0.717) is 18.0 Å². The molecule has 0 aliphatic heterocycles. The highest BCUT2D eigenvalue weighted by molar-refractivity contribution is 5.94. The molecule has 2 rings (SSSR count). The number of pyridine rings is 1. The van der Waals surface area contributed by atoms with Gasteiger partial charge in [0.25, 0.3) is 5.91 Å². The number of likely N-dealkylation sites (N-methyl/N-ethyl adjacent to an activating group) is 1. The number of nitrogens with zero attached hydrogens (tertiary/aromatic N) is 4. The van der Waals surface area contributed by atoms with E-state index in [-0.39, 0.29) is 5.91 Å². The minimum absolute atomic E-state index is 0.0451. The van der Waals surface area contributed by atoms with Crippen LogP contribution >= 0.6 is 0 Å². The standard InChI is InChI=1S/C20H33N5O/c1-7-17-20(24(6)12-10-15(2)3)25-14-16(8-9-18(25)22-17)19(26)21-11-13-23(4)5/h8-9,14-15H,7,10-13H2,1-6H3,(H,21,26). The lowest BCUT2D eigenvalue weighted by Gasteiger charge is -2.21. The minimum Gasteiger partial charge on any atom is -0.359 e. The molecular formula is C20H33N5O. The summed E-state index contributed by atoms with van der Waals surface area (Å²) in [6.07, 6.45) is 3.90. The van der Waals surface area contributed by atoms with Crippen LogP contribution in [0.4, 0.5) is 5.82 Å². The summed E-state index contributed by atoms with van der Waals surface area (Å²) >= 11 is 0. The Balaban J connectivity index is 2.28. The summed E-state index contributed by atoms with van der Waals surface area (Å²) in [6.45, 7) is 9.02. The molecule has 0 aliphatic rings. The van der Waals surface area contributed by atoms with Crippen molar-refractivity contribution in [2.45, 2.75) is 33.6 Å². The largest absolute Gasteiger partial charge is 0.359 e. The van der Waals surface area contributed by atoms with Gasteiger partial charge in [0.05, 0.1) is 11.3 Å². The van der Waals surface area contributed by atoms with E-state index in [2.05, 4.69) is 47.3 Å². The summed E-state index contributed by atoms with van der Waals surface area (Å²) in [5.41, 5.74) is 2.62. The van der Waals surface area contributed by atoms with E-state index < -0.39 is 0 Å². The molecule has 0 fully saturated rings. The average molecular weight is 360 g/mol. The molecular weight excluding hydrogens is 326 g/mol. The molecule has 6 heteroatoms. The van der Waals surface area contributed by atoms with Gasteiger partial charge in [-0.3, -0.25) is 9.20 Å². The summed E-state index contributed by atoms with van der Waals surface area (Å²) in [5.74, 6) is 1.70. The SMILES string of the molecule is CCc1nc2ccc(C(=O)NCCN(C)C)cn2c1N(C)CCC(C)C. The van der Waals surface area contributed by atoms with Gasteiger partial charge in [-0.05, 0) is 45.0 Å². The maximum Gasteiger partial charge on any atom is 0.252 e. The minimum atomic E-state index is -0.0451. The predicted octanol–water partition coefficient (Wildman–Crippen LogP) is 2.67. The summed E-state index contributed by atoms with van der Waals surface area (Å²) in [6, 6.07) is 3.78. The molecule has 0 bridgehead atoms. The average Bonchev–Trinajstić information content (AvgIpc) is 2.96.